The van der Waals surface area contributed by atoms with E-state index in [0.717, 1.165) is 30.6 Å². The van der Waals surface area contributed by atoms with Crippen LogP contribution in [0.2, 0.25) is 10.0 Å². The van der Waals surface area contributed by atoms with Crippen molar-refractivity contribution in [3.63, 3.8) is 0 Å². The van der Waals surface area contributed by atoms with Gasteiger partial charge in [0.2, 0.25) is 5.95 Å². The van der Waals surface area contributed by atoms with Gasteiger partial charge in [-0.2, -0.15) is 4.98 Å². The molecule has 0 bridgehead atoms. The lowest BCUT2D eigenvalue weighted by atomic mass is 10.1. The molecule has 0 radical (unpaired) electrons. The van der Waals surface area contributed by atoms with Gasteiger partial charge in [-0.15, -0.1) is 0 Å². The number of aromatic nitrogens is 2. The molecule has 0 saturated carbocycles. The summed E-state index contributed by atoms with van der Waals surface area (Å²) in [5, 5.41) is 4.32. The molecule has 2 aromatic rings. The SMILES string of the molecule is CN(C)CCCNc1nc(N)ncc1-c1ccc(Cl)c(Cl)c1. The van der Waals surface area contributed by atoms with Crippen molar-refractivity contribution in [2.45, 2.75) is 6.42 Å². The van der Waals surface area contributed by atoms with Gasteiger partial charge in [0.15, 0.2) is 0 Å². The van der Waals surface area contributed by atoms with Crippen LogP contribution in [0.25, 0.3) is 11.1 Å². The molecular weight excluding hydrogens is 321 g/mol. The van der Waals surface area contributed by atoms with Gasteiger partial charge in [-0.1, -0.05) is 29.3 Å². The summed E-state index contributed by atoms with van der Waals surface area (Å²) >= 11 is 12.0. The highest BCUT2D eigenvalue weighted by Gasteiger charge is 2.10. The summed E-state index contributed by atoms with van der Waals surface area (Å²) in [6, 6.07) is 5.43. The molecule has 0 saturated heterocycles. The first kappa shape index (κ1) is 16.8. The van der Waals surface area contributed by atoms with Gasteiger partial charge in [-0.05, 0) is 44.8 Å². The van der Waals surface area contributed by atoms with E-state index in [0.29, 0.717) is 15.9 Å². The Bertz CT molecular complexity index is 646. The number of benzene rings is 1. The number of halogens is 2. The molecule has 1 heterocycles. The lowest BCUT2D eigenvalue weighted by Crippen LogP contribution is -2.17. The van der Waals surface area contributed by atoms with Gasteiger partial charge in [0, 0.05) is 18.3 Å². The largest absolute Gasteiger partial charge is 0.369 e. The zero-order valence-corrected chi connectivity index (χ0v) is 14.1. The van der Waals surface area contributed by atoms with Gasteiger partial charge in [0.25, 0.3) is 0 Å². The minimum Gasteiger partial charge on any atom is -0.369 e. The van der Waals surface area contributed by atoms with Crippen molar-refractivity contribution in [3.05, 3.63) is 34.4 Å². The Morgan fingerprint density at radius 2 is 2.00 bits per heavy atom. The molecule has 118 valence electrons. The predicted molar refractivity (Wildman–Crippen MR) is 93.6 cm³/mol. The third-order valence-electron chi connectivity index (χ3n) is 3.11. The van der Waals surface area contributed by atoms with Crippen LogP contribution in [0.4, 0.5) is 11.8 Å². The zero-order valence-electron chi connectivity index (χ0n) is 12.6. The highest BCUT2D eigenvalue weighted by Crippen LogP contribution is 2.31. The second-order valence-electron chi connectivity index (χ2n) is 5.20. The fraction of sp³-hybridized carbons (Fsp3) is 0.333. The average Bonchev–Trinajstić information content (AvgIpc) is 2.47. The number of anilines is 2. The smallest absolute Gasteiger partial charge is 0.221 e. The molecule has 7 heteroatoms. The van der Waals surface area contributed by atoms with Crippen molar-refractivity contribution in [1.29, 1.82) is 0 Å². The monoisotopic (exact) mass is 339 g/mol. The van der Waals surface area contributed by atoms with Crippen molar-refractivity contribution in [2.75, 3.05) is 38.2 Å². The van der Waals surface area contributed by atoms with Crippen LogP contribution in [0.3, 0.4) is 0 Å². The average molecular weight is 340 g/mol. The van der Waals surface area contributed by atoms with E-state index >= 15 is 0 Å². The van der Waals surface area contributed by atoms with Crippen LogP contribution in [-0.4, -0.2) is 42.1 Å². The van der Waals surface area contributed by atoms with E-state index in [2.05, 4.69) is 20.2 Å². The molecule has 2 rings (SSSR count). The van der Waals surface area contributed by atoms with E-state index in [-0.39, 0.29) is 5.95 Å². The Kier molecular flexibility index (Phi) is 5.83. The third-order valence-corrected chi connectivity index (χ3v) is 3.85. The van der Waals surface area contributed by atoms with Gasteiger partial charge in [-0.3, -0.25) is 0 Å². The fourth-order valence-electron chi connectivity index (χ4n) is 2.01. The van der Waals surface area contributed by atoms with Crippen molar-refractivity contribution in [2.24, 2.45) is 0 Å². The third kappa shape index (κ3) is 4.47. The Morgan fingerprint density at radius 3 is 2.68 bits per heavy atom. The van der Waals surface area contributed by atoms with E-state index in [1.807, 2.05) is 20.2 Å². The predicted octanol–water partition coefficient (Wildman–Crippen LogP) is 3.40. The first-order valence-corrected chi connectivity index (χ1v) is 7.69. The highest BCUT2D eigenvalue weighted by atomic mass is 35.5. The molecule has 0 aliphatic rings. The van der Waals surface area contributed by atoms with Crippen molar-refractivity contribution in [1.82, 2.24) is 14.9 Å². The number of nitrogen functional groups attached to an aromatic ring is 1. The van der Waals surface area contributed by atoms with E-state index < -0.39 is 0 Å². The van der Waals surface area contributed by atoms with E-state index in [1.165, 1.54) is 0 Å². The van der Waals surface area contributed by atoms with Crippen molar-refractivity contribution < 1.29 is 0 Å². The van der Waals surface area contributed by atoms with Crippen LogP contribution in [0, 0.1) is 0 Å². The van der Waals surface area contributed by atoms with Crippen LogP contribution in [0.5, 0.6) is 0 Å². The van der Waals surface area contributed by atoms with Crippen molar-refractivity contribution in [3.8, 4) is 11.1 Å². The van der Waals surface area contributed by atoms with Crippen molar-refractivity contribution >= 4 is 35.0 Å². The minimum absolute atomic E-state index is 0.235. The number of nitrogens with two attached hydrogens (primary N) is 1. The first-order valence-electron chi connectivity index (χ1n) is 6.94. The van der Waals surface area contributed by atoms with Crippen LogP contribution < -0.4 is 11.1 Å². The summed E-state index contributed by atoms with van der Waals surface area (Å²) < 4.78 is 0. The number of hydrogen-bond donors (Lipinski definition) is 2. The molecule has 0 atom stereocenters. The van der Waals surface area contributed by atoms with E-state index in [4.69, 9.17) is 28.9 Å². The molecule has 1 aromatic heterocycles. The Balaban J connectivity index is 2.21. The maximum absolute atomic E-state index is 6.09. The van der Waals surface area contributed by atoms with Crippen LogP contribution in [0.15, 0.2) is 24.4 Å². The minimum atomic E-state index is 0.235. The van der Waals surface area contributed by atoms with Gasteiger partial charge in [0.05, 0.1) is 10.0 Å². The van der Waals surface area contributed by atoms with Crippen LogP contribution >= 0.6 is 23.2 Å². The summed E-state index contributed by atoms with van der Waals surface area (Å²) in [6.07, 6.45) is 2.69. The van der Waals surface area contributed by atoms with Gasteiger partial charge >= 0.3 is 0 Å². The van der Waals surface area contributed by atoms with Gasteiger partial charge < -0.3 is 16.0 Å². The molecule has 0 aliphatic carbocycles. The zero-order chi connectivity index (χ0) is 16.1. The molecule has 0 aliphatic heterocycles. The molecule has 0 spiro atoms. The molecule has 22 heavy (non-hydrogen) atoms. The molecule has 0 unspecified atom stereocenters. The van der Waals surface area contributed by atoms with Gasteiger partial charge in [-0.25, -0.2) is 4.98 Å². The lowest BCUT2D eigenvalue weighted by Gasteiger charge is -2.13. The molecule has 3 N–H and O–H groups in total. The van der Waals surface area contributed by atoms with Crippen LogP contribution in [-0.2, 0) is 0 Å². The molecule has 0 amide bonds. The Morgan fingerprint density at radius 1 is 1.23 bits per heavy atom. The summed E-state index contributed by atoms with van der Waals surface area (Å²) in [6.45, 7) is 1.79. The molecular formula is C15H19Cl2N5. The number of rotatable bonds is 6. The quantitative estimate of drug-likeness (QED) is 0.789. The number of hydrogen-bond acceptors (Lipinski definition) is 5. The Labute approximate surface area is 140 Å². The van der Waals surface area contributed by atoms with E-state index in [9.17, 15) is 0 Å². The second kappa shape index (κ2) is 7.63. The second-order valence-corrected chi connectivity index (χ2v) is 6.02. The number of nitrogens with one attached hydrogen (secondary N) is 1. The summed E-state index contributed by atoms with van der Waals surface area (Å²) in [4.78, 5) is 10.5. The molecule has 0 fully saturated rings. The standard InChI is InChI=1S/C15H19Cl2N5/c1-22(2)7-3-6-19-14-11(9-20-15(18)21-14)10-4-5-12(16)13(17)8-10/h4-5,8-9H,3,6-7H2,1-2H3,(H3,18,19,20,21). The van der Waals surface area contributed by atoms with Gasteiger partial charge in [0.1, 0.15) is 5.82 Å². The fourth-order valence-corrected chi connectivity index (χ4v) is 2.31. The maximum Gasteiger partial charge on any atom is 0.221 e. The Hall–Kier alpha value is -1.56. The van der Waals surface area contributed by atoms with Crippen LogP contribution in [0.1, 0.15) is 6.42 Å². The normalized spacial score (nSPS) is 11.0. The topological polar surface area (TPSA) is 67.1 Å². The van der Waals surface area contributed by atoms with E-state index in [1.54, 1.807) is 18.3 Å². The first-order chi connectivity index (χ1) is 10.5. The maximum atomic E-state index is 6.09. The highest BCUT2D eigenvalue weighted by molar-refractivity contribution is 6.42. The summed E-state index contributed by atoms with van der Waals surface area (Å²) in [7, 11) is 4.09. The number of nitrogens with zero attached hydrogens (tertiary/aromatic N) is 3. The molecule has 1 aromatic carbocycles. The summed E-state index contributed by atoms with van der Waals surface area (Å²) in [5.74, 6) is 0.934. The molecule has 5 nitrogen and oxygen atoms in total. The lowest BCUT2D eigenvalue weighted by molar-refractivity contribution is 0.405. The summed E-state index contributed by atoms with van der Waals surface area (Å²) in [5.41, 5.74) is 7.43.